The Morgan fingerprint density at radius 1 is 1.25 bits per heavy atom. The number of aliphatic imine (C=N–C) groups is 1. The van der Waals surface area contributed by atoms with Crippen molar-refractivity contribution in [2.75, 3.05) is 33.4 Å². The highest BCUT2D eigenvalue weighted by molar-refractivity contribution is 5.79. The van der Waals surface area contributed by atoms with Crippen molar-refractivity contribution in [2.45, 2.75) is 52.9 Å². The summed E-state index contributed by atoms with van der Waals surface area (Å²) in [6, 6.07) is 0. The Morgan fingerprint density at radius 3 is 2.55 bits per heavy atom. The van der Waals surface area contributed by atoms with Crippen LogP contribution in [0.4, 0.5) is 0 Å². The summed E-state index contributed by atoms with van der Waals surface area (Å²) in [5.74, 6) is 1.53. The van der Waals surface area contributed by atoms with Crippen molar-refractivity contribution in [3.05, 3.63) is 0 Å². The third kappa shape index (κ3) is 7.13. The molecule has 0 amide bonds. The zero-order valence-corrected chi connectivity index (χ0v) is 13.8. The maximum atomic E-state index is 5.57. The summed E-state index contributed by atoms with van der Waals surface area (Å²) in [6.45, 7) is 10.3. The number of ether oxygens (including phenoxy) is 1. The van der Waals surface area contributed by atoms with Gasteiger partial charge < -0.3 is 15.4 Å². The Kier molecular flexibility index (Phi) is 7.97. The van der Waals surface area contributed by atoms with Crippen LogP contribution in [0.25, 0.3) is 0 Å². The van der Waals surface area contributed by atoms with E-state index in [0.29, 0.717) is 11.3 Å². The van der Waals surface area contributed by atoms with Crippen molar-refractivity contribution < 1.29 is 4.74 Å². The molecule has 4 nitrogen and oxygen atoms in total. The highest BCUT2D eigenvalue weighted by atomic mass is 16.5. The minimum absolute atomic E-state index is 0.456. The maximum absolute atomic E-state index is 5.57. The number of nitrogens with zero attached hydrogens (tertiary/aromatic N) is 1. The molecule has 0 aliphatic heterocycles. The molecule has 0 spiro atoms. The molecule has 118 valence electrons. The minimum atomic E-state index is 0.456. The van der Waals surface area contributed by atoms with Crippen LogP contribution in [0, 0.1) is 11.3 Å². The molecule has 1 rings (SSSR count). The Balaban J connectivity index is 2.08. The standard InChI is InChI=1S/C16H33N3O/c1-14(2)12-20-11-7-10-18-15(17-4)19-13-16(3)8-5-6-9-16/h14H,5-13H2,1-4H3,(H2,17,18,19). The van der Waals surface area contributed by atoms with Gasteiger partial charge in [-0.15, -0.1) is 0 Å². The van der Waals surface area contributed by atoms with Crippen molar-refractivity contribution >= 4 is 5.96 Å². The molecule has 0 bridgehead atoms. The van der Waals surface area contributed by atoms with Gasteiger partial charge >= 0.3 is 0 Å². The van der Waals surface area contributed by atoms with E-state index >= 15 is 0 Å². The molecule has 0 aromatic carbocycles. The second kappa shape index (κ2) is 9.22. The molecule has 4 heteroatoms. The summed E-state index contributed by atoms with van der Waals surface area (Å²) >= 11 is 0. The summed E-state index contributed by atoms with van der Waals surface area (Å²) < 4.78 is 5.57. The van der Waals surface area contributed by atoms with Crippen LogP contribution < -0.4 is 10.6 Å². The van der Waals surface area contributed by atoms with Gasteiger partial charge in [-0.2, -0.15) is 0 Å². The second-order valence-electron chi connectivity index (χ2n) is 6.69. The molecule has 20 heavy (non-hydrogen) atoms. The molecular weight excluding hydrogens is 250 g/mol. The lowest BCUT2D eigenvalue weighted by Crippen LogP contribution is -2.42. The summed E-state index contributed by atoms with van der Waals surface area (Å²) in [7, 11) is 1.83. The van der Waals surface area contributed by atoms with Crippen LogP contribution in [0.2, 0.25) is 0 Å². The summed E-state index contributed by atoms with van der Waals surface area (Å²) in [6.07, 6.45) is 6.43. The SMILES string of the molecule is CN=C(NCCCOCC(C)C)NCC1(C)CCCC1. The summed E-state index contributed by atoms with van der Waals surface area (Å²) in [5, 5.41) is 6.82. The predicted octanol–water partition coefficient (Wildman–Crippen LogP) is 2.79. The van der Waals surface area contributed by atoms with Crippen molar-refractivity contribution in [1.82, 2.24) is 10.6 Å². The smallest absolute Gasteiger partial charge is 0.190 e. The number of nitrogens with one attached hydrogen (secondary N) is 2. The molecule has 0 heterocycles. The third-order valence-corrected chi connectivity index (χ3v) is 3.93. The van der Waals surface area contributed by atoms with E-state index in [9.17, 15) is 0 Å². The molecular formula is C16H33N3O. The van der Waals surface area contributed by atoms with E-state index in [1.807, 2.05) is 7.05 Å². The van der Waals surface area contributed by atoms with Crippen LogP contribution in [0.1, 0.15) is 52.9 Å². The molecule has 1 fully saturated rings. The first-order chi connectivity index (χ1) is 9.56. The number of hydrogen-bond acceptors (Lipinski definition) is 2. The van der Waals surface area contributed by atoms with Gasteiger partial charge in [0.15, 0.2) is 5.96 Å². The average molecular weight is 283 g/mol. The van der Waals surface area contributed by atoms with Crippen LogP contribution >= 0.6 is 0 Å². The average Bonchev–Trinajstić information content (AvgIpc) is 2.84. The molecule has 1 aliphatic carbocycles. The largest absolute Gasteiger partial charge is 0.381 e. The quantitative estimate of drug-likeness (QED) is 0.409. The Hall–Kier alpha value is -0.770. The lowest BCUT2D eigenvalue weighted by Gasteiger charge is -2.25. The molecule has 2 N–H and O–H groups in total. The van der Waals surface area contributed by atoms with Crippen LogP contribution in [-0.4, -0.2) is 39.3 Å². The molecule has 0 aromatic heterocycles. The van der Waals surface area contributed by atoms with Gasteiger partial charge in [0.05, 0.1) is 0 Å². The molecule has 0 unspecified atom stereocenters. The first kappa shape index (κ1) is 17.3. The molecule has 0 radical (unpaired) electrons. The third-order valence-electron chi connectivity index (χ3n) is 3.93. The van der Waals surface area contributed by atoms with E-state index < -0.39 is 0 Å². The lowest BCUT2D eigenvalue weighted by molar-refractivity contribution is 0.108. The summed E-state index contributed by atoms with van der Waals surface area (Å²) in [5.41, 5.74) is 0.456. The first-order valence-corrected chi connectivity index (χ1v) is 8.08. The van der Waals surface area contributed by atoms with E-state index in [1.54, 1.807) is 0 Å². The van der Waals surface area contributed by atoms with Crippen LogP contribution in [-0.2, 0) is 4.74 Å². The molecule has 0 saturated heterocycles. The van der Waals surface area contributed by atoms with Gasteiger partial charge in [-0.1, -0.05) is 33.6 Å². The van der Waals surface area contributed by atoms with Gasteiger partial charge in [-0.25, -0.2) is 0 Å². The van der Waals surface area contributed by atoms with Crippen molar-refractivity contribution in [1.29, 1.82) is 0 Å². The predicted molar refractivity (Wildman–Crippen MR) is 86.2 cm³/mol. The highest BCUT2D eigenvalue weighted by Crippen LogP contribution is 2.36. The van der Waals surface area contributed by atoms with Crippen molar-refractivity contribution in [2.24, 2.45) is 16.3 Å². The normalized spacial score (nSPS) is 18.6. The lowest BCUT2D eigenvalue weighted by atomic mass is 9.89. The minimum Gasteiger partial charge on any atom is -0.381 e. The molecule has 0 atom stereocenters. The second-order valence-corrected chi connectivity index (χ2v) is 6.69. The van der Waals surface area contributed by atoms with Crippen molar-refractivity contribution in [3.8, 4) is 0 Å². The van der Waals surface area contributed by atoms with E-state index in [4.69, 9.17) is 4.74 Å². The van der Waals surface area contributed by atoms with E-state index in [1.165, 1.54) is 25.7 Å². The first-order valence-electron chi connectivity index (χ1n) is 8.08. The van der Waals surface area contributed by atoms with E-state index in [0.717, 1.165) is 38.7 Å². The monoisotopic (exact) mass is 283 g/mol. The van der Waals surface area contributed by atoms with Gasteiger partial charge in [0.1, 0.15) is 0 Å². The number of rotatable bonds is 8. The zero-order valence-electron chi connectivity index (χ0n) is 13.8. The fourth-order valence-electron chi connectivity index (χ4n) is 2.62. The topological polar surface area (TPSA) is 45.7 Å². The van der Waals surface area contributed by atoms with Gasteiger partial charge in [0.25, 0.3) is 0 Å². The Labute approximate surface area is 124 Å². The highest BCUT2D eigenvalue weighted by Gasteiger charge is 2.28. The summed E-state index contributed by atoms with van der Waals surface area (Å²) in [4.78, 5) is 4.28. The van der Waals surface area contributed by atoms with Crippen LogP contribution in [0.15, 0.2) is 4.99 Å². The molecule has 1 aliphatic rings. The zero-order chi connectivity index (χ0) is 14.8. The van der Waals surface area contributed by atoms with Gasteiger partial charge in [0, 0.05) is 33.4 Å². The maximum Gasteiger partial charge on any atom is 0.190 e. The van der Waals surface area contributed by atoms with Gasteiger partial charge in [-0.05, 0) is 30.6 Å². The van der Waals surface area contributed by atoms with Crippen LogP contribution in [0.5, 0.6) is 0 Å². The Bertz CT molecular complexity index is 283. The van der Waals surface area contributed by atoms with E-state index in [2.05, 4.69) is 36.4 Å². The molecule has 0 aromatic rings. The van der Waals surface area contributed by atoms with Crippen LogP contribution in [0.3, 0.4) is 0 Å². The molecule has 1 saturated carbocycles. The number of hydrogen-bond donors (Lipinski definition) is 2. The fourth-order valence-corrected chi connectivity index (χ4v) is 2.62. The van der Waals surface area contributed by atoms with Gasteiger partial charge in [-0.3, -0.25) is 4.99 Å². The van der Waals surface area contributed by atoms with Crippen molar-refractivity contribution in [3.63, 3.8) is 0 Å². The Morgan fingerprint density at radius 2 is 1.95 bits per heavy atom. The van der Waals surface area contributed by atoms with E-state index in [-0.39, 0.29) is 0 Å². The fraction of sp³-hybridized carbons (Fsp3) is 0.938. The van der Waals surface area contributed by atoms with Gasteiger partial charge in [0.2, 0.25) is 0 Å². The number of guanidine groups is 1.